The highest BCUT2D eigenvalue weighted by atomic mass is 16.6. The standard InChI is InChI=1S/C20H30N4O3/c1-20(2,3)27-19(26)23(4)15-9-11-24(12-10-15)16-7-8-17(21-13-16)22-18(25)14-5-6-14/h7-8,13-15H,5-6,9-12H2,1-4H3,(H,21,22,25). The molecule has 2 fully saturated rings. The van der Waals surface area contributed by atoms with Crippen LogP contribution in [0.25, 0.3) is 0 Å². The van der Waals surface area contributed by atoms with Gasteiger partial charge >= 0.3 is 6.09 Å². The molecule has 0 radical (unpaired) electrons. The molecule has 1 aromatic heterocycles. The van der Waals surface area contributed by atoms with E-state index >= 15 is 0 Å². The molecule has 0 aromatic carbocycles. The van der Waals surface area contributed by atoms with Crippen LogP contribution in [0.15, 0.2) is 18.3 Å². The molecule has 2 aliphatic rings. The highest BCUT2D eigenvalue weighted by Gasteiger charge is 2.30. The summed E-state index contributed by atoms with van der Waals surface area (Å²) in [6.07, 6.45) is 5.28. The number of hydrogen-bond donors (Lipinski definition) is 1. The number of nitrogens with one attached hydrogen (secondary N) is 1. The molecular weight excluding hydrogens is 344 g/mol. The summed E-state index contributed by atoms with van der Waals surface area (Å²) in [6.45, 7) is 7.35. The summed E-state index contributed by atoms with van der Waals surface area (Å²) in [7, 11) is 1.81. The second-order valence-corrected chi connectivity index (χ2v) is 8.47. The van der Waals surface area contributed by atoms with Crippen LogP contribution in [0.5, 0.6) is 0 Å². The molecule has 7 heteroatoms. The summed E-state index contributed by atoms with van der Waals surface area (Å²) in [4.78, 5) is 32.4. The zero-order valence-corrected chi connectivity index (χ0v) is 16.7. The van der Waals surface area contributed by atoms with Crippen molar-refractivity contribution in [2.75, 3.05) is 30.4 Å². The van der Waals surface area contributed by atoms with Crippen molar-refractivity contribution in [3.05, 3.63) is 18.3 Å². The van der Waals surface area contributed by atoms with Crippen LogP contribution in [-0.4, -0.2) is 53.7 Å². The molecule has 7 nitrogen and oxygen atoms in total. The quantitative estimate of drug-likeness (QED) is 0.875. The van der Waals surface area contributed by atoms with Crippen molar-refractivity contribution in [3.63, 3.8) is 0 Å². The predicted octanol–water partition coefficient (Wildman–Crippen LogP) is 3.27. The van der Waals surface area contributed by atoms with Gasteiger partial charge in [0.25, 0.3) is 0 Å². The summed E-state index contributed by atoms with van der Waals surface area (Å²) in [5, 5.41) is 2.86. The van der Waals surface area contributed by atoms with Crippen LogP contribution in [-0.2, 0) is 9.53 Å². The minimum atomic E-state index is -0.478. The van der Waals surface area contributed by atoms with E-state index in [1.54, 1.807) is 11.1 Å². The maximum atomic E-state index is 12.2. The Morgan fingerprint density at radius 2 is 1.85 bits per heavy atom. The molecule has 27 heavy (non-hydrogen) atoms. The van der Waals surface area contributed by atoms with E-state index in [1.165, 1.54) is 0 Å². The van der Waals surface area contributed by atoms with E-state index in [9.17, 15) is 9.59 Å². The molecule has 0 atom stereocenters. The molecule has 2 heterocycles. The minimum absolute atomic E-state index is 0.0706. The number of carbonyl (C=O) groups is 2. The fourth-order valence-electron chi connectivity index (χ4n) is 3.22. The number of aromatic nitrogens is 1. The number of carbonyl (C=O) groups excluding carboxylic acids is 2. The highest BCUT2D eigenvalue weighted by Crippen LogP contribution is 2.30. The van der Waals surface area contributed by atoms with Gasteiger partial charge in [-0.1, -0.05) is 0 Å². The zero-order valence-electron chi connectivity index (χ0n) is 16.7. The first kappa shape index (κ1) is 19.5. The Bertz CT molecular complexity index is 671. The number of piperidine rings is 1. The van der Waals surface area contributed by atoms with Crippen LogP contribution < -0.4 is 10.2 Å². The number of rotatable bonds is 4. The van der Waals surface area contributed by atoms with Gasteiger partial charge in [0.05, 0.1) is 11.9 Å². The molecule has 1 saturated heterocycles. The summed E-state index contributed by atoms with van der Waals surface area (Å²) >= 11 is 0. The summed E-state index contributed by atoms with van der Waals surface area (Å²) in [5.41, 5.74) is 0.562. The van der Waals surface area contributed by atoms with Crippen LogP contribution in [0.2, 0.25) is 0 Å². The summed E-state index contributed by atoms with van der Waals surface area (Å²) in [6, 6.07) is 4.03. The molecule has 0 bridgehead atoms. The Hall–Kier alpha value is -2.31. The fraction of sp³-hybridized carbons (Fsp3) is 0.650. The lowest BCUT2D eigenvalue weighted by atomic mass is 10.0. The molecule has 1 aliphatic carbocycles. The van der Waals surface area contributed by atoms with Crippen molar-refractivity contribution in [1.29, 1.82) is 0 Å². The Kier molecular flexibility index (Phi) is 5.58. The van der Waals surface area contributed by atoms with E-state index in [0.29, 0.717) is 5.82 Å². The number of pyridine rings is 1. The van der Waals surface area contributed by atoms with E-state index in [0.717, 1.165) is 44.5 Å². The molecular formula is C20H30N4O3. The normalized spacial score (nSPS) is 18.1. The Balaban J connectivity index is 1.49. The Labute approximate surface area is 161 Å². The second-order valence-electron chi connectivity index (χ2n) is 8.47. The predicted molar refractivity (Wildman–Crippen MR) is 105 cm³/mol. The molecule has 0 spiro atoms. The topological polar surface area (TPSA) is 74.8 Å². The molecule has 1 aliphatic heterocycles. The second kappa shape index (κ2) is 7.74. The summed E-state index contributed by atoms with van der Waals surface area (Å²) in [5.74, 6) is 0.851. The Morgan fingerprint density at radius 3 is 2.37 bits per heavy atom. The molecule has 3 rings (SSSR count). The highest BCUT2D eigenvalue weighted by molar-refractivity contribution is 5.93. The SMILES string of the molecule is CN(C(=O)OC(C)(C)C)C1CCN(c2ccc(NC(=O)C3CC3)nc2)CC1. The van der Waals surface area contributed by atoms with Gasteiger partial charge in [-0.2, -0.15) is 0 Å². The van der Waals surface area contributed by atoms with E-state index in [4.69, 9.17) is 4.74 Å². The Morgan fingerprint density at radius 1 is 1.19 bits per heavy atom. The molecule has 1 N–H and O–H groups in total. The van der Waals surface area contributed by atoms with Crippen LogP contribution >= 0.6 is 0 Å². The van der Waals surface area contributed by atoms with E-state index in [1.807, 2.05) is 40.0 Å². The number of anilines is 2. The smallest absolute Gasteiger partial charge is 0.410 e. The van der Waals surface area contributed by atoms with E-state index in [2.05, 4.69) is 15.2 Å². The molecule has 0 unspecified atom stereocenters. The van der Waals surface area contributed by atoms with Gasteiger partial charge in [-0.15, -0.1) is 0 Å². The third-order valence-electron chi connectivity index (χ3n) is 5.01. The number of amides is 2. The van der Waals surface area contributed by atoms with Crippen molar-refractivity contribution in [3.8, 4) is 0 Å². The van der Waals surface area contributed by atoms with Gasteiger partial charge in [0.15, 0.2) is 0 Å². The van der Waals surface area contributed by atoms with Crippen molar-refractivity contribution < 1.29 is 14.3 Å². The van der Waals surface area contributed by atoms with Gasteiger partial charge in [0, 0.05) is 32.1 Å². The van der Waals surface area contributed by atoms with Crippen LogP contribution in [0.1, 0.15) is 46.5 Å². The van der Waals surface area contributed by atoms with Crippen molar-refractivity contribution in [2.45, 2.75) is 58.1 Å². The van der Waals surface area contributed by atoms with Gasteiger partial charge in [0.2, 0.25) is 5.91 Å². The first-order chi connectivity index (χ1) is 12.7. The lowest BCUT2D eigenvalue weighted by molar-refractivity contribution is -0.117. The van der Waals surface area contributed by atoms with Gasteiger partial charge in [-0.25, -0.2) is 9.78 Å². The largest absolute Gasteiger partial charge is 0.444 e. The summed E-state index contributed by atoms with van der Waals surface area (Å²) < 4.78 is 5.46. The van der Waals surface area contributed by atoms with Crippen LogP contribution in [0.3, 0.4) is 0 Å². The minimum Gasteiger partial charge on any atom is -0.444 e. The van der Waals surface area contributed by atoms with Crippen molar-refractivity contribution in [2.24, 2.45) is 5.92 Å². The molecule has 2 amide bonds. The monoisotopic (exact) mass is 374 g/mol. The number of hydrogen-bond acceptors (Lipinski definition) is 5. The third-order valence-corrected chi connectivity index (χ3v) is 5.01. The molecule has 1 saturated carbocycles. The van der Waals surface area contributed by atoms with Gasteiger partial charge in [-0.3, -0.25) is 4.79 Å². The first-order valence-corrected chi connectivity index (χ1v) is 9.70. The maximum absolute atomic E-state index is 12.2. The van der Waals surface area contributed by atoms with Crippen LogP contribution in [0.4, 0.5) is 16.3 Å². The number of ether oxygens (including phenoxy) is 1. The lowest BCUT2D eigenvalue weighted by Gasteiger charge is -2.38. The molecule has 1 aromatic rings. The average Bonchev–Trinajstić information content (AvgIpc) is 3.46. The van der Waals surface area contributed by atoms with E-state index in [-0.39, 0.29) is 24.0 Å². The first-order valence-electron chi connectivity index (χ1n) is 9.70. The van der Waals surface area contributed by atoms with Gasteiger partial charge in [0.1, 0.15) is 11.4 Å². The number of nitrogens with zero attached hydrogens (tertiary/aromatic N) is 3. The average molecular weight is 374 g/mol. The zero-order chi connectivity index (χ0) is 19.6. The van der Waals surface area contributed by atoms with Gasteiger partial charge < -0.3 is 19.9 Å². The van der Waals surface area contributed by atoms with Crippen molar-refractivity contribution in [1.82, 2.24) is 9.88 Å². The maximum Gasteiger partial charge on any atom is 0.410 e. The lowest BCUT2D eigenvalue weighted by Crippen LogP contribution is -2.47. The van der Waals surface area contributed by atoms with Gasteiger partial charge in [-0.05, 0) is 58.6 Å². The third kappa shape index (κ3) is 5.34. The molecule has 148 valence electrons. The van der Waals surface area contributed by atoms with E-state index < -0.39 is 5.60 Å². The fourth-order valence-corrected chi connectivity index (χ4v) is 3.22. The van der Waals surface area contributed by atoms with Crippen molar-refractivity contribution >= 4 is 23.5 Å². The van der Waals surface area contributed by atoms with Crippen LogP contribution in [0, 0.1) is 5.92 Å².